The number of nitrogens with one attached hydrogen (secondary N) is 1. The summed E-state index contributed by atoms with van der Waals surface area (Å²) in [6.45, 7) is 4.89. The largest absolute Gasteiger partial charge is 0.481 e. The predicted octanol–water partition coefficient (Wildman–Crippen LogP) is 2.21. The van der Waals surface area contributed by atoms with E-state index in [9.17, 15) is 14.0 Å². The summed E-state index contributed by atoms with van der Waals surface area (Å²) in [7, 11) is 0. The number of benzene rings is 1. The molecule has 2 atom stereocenters. The number of hydrogen-bond acceptors (Lipinski definition) is 3. The maximum Gasteiger partial charge on any atom is 0.311 e. The van der Waals surface area contributed by atoms with Crippen molar-refractivity contribution in [2.75, 3.05) is 6.54 Å². The number of halogens is 1. The number of carbonyl (C=O) groups excluding carboxylic acids is 1. The van der Waals surface area contributed by atoms with Crippen molar-refractivity contribution in [2.45, 2.75) is 33.3 Å². The van der Waals surface area contributed by atoms with Gasteiger partial charge < -0.3 is 15.2 Å². The number of hydrogen-bond donors (Lipinski definition) is 2. The Morgan fingerprint density at radius 2 is 1.95 bits per heavy atom. The Kier molecular flexibility index (Phi) is 5.69. The van der Waals surface area contributed by atoms with E-state index in [2.05, 4.69) is 5.32 Å². The standard InChI is InChI=1S/C15H20FNO4/c1-4-15(3,14(19)20)9-17-13(18)10(2)21-12-7-5-11(16)6-8-12/h5-8,10H,4,9H2,1-3H3,(H,17,18)(H,19,20). The highest BCUT2D eigenvalue weighted by molar-refractivity contribution is 5.82. The summed E-state index contributed by atoms with van der Waals surface area (Å²) in [4.78, 5) is 23.0. The van der Waals surface area contributed by atoms with Gasteiger partial charge in [-0.3, -0.25) is 9.59 Å². The second kappa shape index (κ2) is 7.06. The van der Waals surface area contributed by atoms with E-state index >= 15 is 0 Å². The molecular formula is C15H20FNO4. The molecule has 0 heterocycles. The molecule has 6 heteroatoms. The third-order valence-electron chi connectivity index (χ3n) is 3.45. The molecule has 1 aromatic carbocycles. The predicted molar refractivity (Wildman–Crippen MR) is 75.5 cm³/mol. The van der Waals surface area contributed by atoms with E-state index in [1.54, 1.807) is 20.8 Å². The van der Waals surface area contributed by atoms with E-state index in [1.165, 1.54) is 24.3 Å². The van der Waals surface area contributed by atoms with Crippen molar-refractivity contribution in [1.29, 1.82) is 0 Å². The Morgan fingerprint density at radius 3 is 2.43 bits per heavy atom. The zero-order valence-electron chi connectivity index (χ0n) is 12.4. The quantitative estimate of drug-likeness (QED) is 0.809. The molecule has 0 radical (unpaired) electrons. The summed E-state index contributed by atoms with van der Waals surface area (Å²) < 4.78 is 18.1. The minimum absolute atomic E-state index is 0.0226. The van der Waals surface area contributed by atoms with Crippen LogP contribution >= 0.6 is 0 Å². The Morgan fingerprint density at radius 1 is 1.38 bits per heavy atom. The lowest BCUT2D eigenvalue weighted by Crippen LogP contribution is -2.44. The van der Waals surface area contributed by atoms with Crippen molar-refractivity contribution in [3.63, 3.8) is 0 Å². The van der Waals surface area contributed by atoms with Gasteiger partial charge in [-0.15, -0.1) is 0 Å². The summed E-state index contributed by atoms with van der Waals surface area (Å²) in [5.74, 6) is -1.40. The van der Waals surface area contributed by atoms with Gasteiger partial charge in [0.1, 0.15) is 11.6 Å². The van der Waals surface area contributed by atoms with Crippen molar-refractivity contribution >= 4 is 11.9 Å². The number of amides is 1. The first-order chi connectivity index (χ1) is 9.78. The fourth-order valence-electron chi connectivity index (χ4n) is 1.55. The van der Waals surface area contributed by atoms with Crippen LogP contribution in [-0.4, -0.2) is 29.6 Å². The number of carboxylic acids is 1. The summed E-state index contributed by atoms with van der Waals surface area (Å²) in [5.41, 5.74) is -1.01. The second-order valence-electron chi connectivity index (χ2n) is 5.15. The maximum atomic E-state index is 12.8. The zero-order valence-corrected chi connectivity index (χ0v) is 12.4. The molecule has 1 aromatic rings. The first-order valence-electron chi connectivity index (χ1n) is 6.72. The van der Waals surface area contributed by atoms with Crippen LogP contribution in [0.3, 0.4) is 0 Å². The number of aliphatic carboxylic acids is 1. The van der Waals surface area contributed by atoms with Crippen molar-refractivity contribution in [3.8, 4) is 5.75 Å². The fraction of sp³-hybridized carbons (Fsp3) is 0.467. The highest BCUT2D eigenvalue weighted by atomic mass is 19.1. The summed E-state index contributed by atoms with van der Waals surface area (Å²) >= 11 is 0. The molecule has 0 aromatic heterocycles. The topological polar surface area (TPSA) is 75.6 Å². The molecule has 5 nitrogen and oxygen atoms in total. The zero-order chi connectivity index (χ0) is 16.0. The van der Waals surface area contributed by atoms with Crippen LogP contribution in [-0.2, 0) is 9.59 Å². The number of carboxylic acid groups (broad SMARTS) is 1. The van der Waals surface area contributed by atoms with E-state index < -0.39 is 23.4 Å². The van der Waals surface area contributed by atoms with Crippen molar-refractivity contribution < 1.29 is 23.8 Å². The summed E-state index contributed by atoms with van der Waals surface area (Å²) in [5, 5.41) is 11.7. The lowest BCUT2D eigenvalue weighted by atomic mass is 9.87. The molecule has 0 saturated carbocycles. The van der Waals surface area contributed by atoms with Gasteiger partial charge in [0.05, 0.1) is 5.41 Å². The monoisotopic (exact) mass is 297 g/mol. The Labute approximate surface area is 123 Å². The lowest BCUT2D eigenvalue weighted by Gasteiger charge is -2.24. The van der Waals surface area contributed by atoms with Gasteiger partial charge in [0.15, 0.2) is 6.10 Å². The number of ether oxygens (including phenoxy) is 1. The Hall–Kier alpha value is -2.11. The molecule has 1 amide bonds. The van der Waals surface area contributed by atoms with E-state index in [1.807, 2.05) is 0 Å². The minimum Gasteiger partial charge on any atom is -0.481 e. The van der Waals surface area contributed by atoms with Gasteiger partial charge in [-0.25, -0.2) is 4.39 Å². The highest BCUT2D eigenvalue weighted by Crippen LogP contribution is 2.20. The number of rotatable bonds is 7. The Bertz CT molecular complexity index is 503. The molecule has 1 rings (SSSR count). The molecular weight excluding hydrogens is 277 g/mol. The van der Waals surface area contributed by atoms with Crippen LogP contribution in [0.2, 0.25) is 0 Å². The van der Waals surface area contributed by atoms with Gasteiger partial charge in [0, 0.05) is 6.54 Å². The van der Waals surface area contributed by atoms with Gasteiger partial charge in [-0.2, -0.15) is 0 Å². The number of carbonyl (C=O) groups is 2. The molecule has 0 spiro atoms. The van der Waals surface area contributed by atoms with Gasteiger partial charge in [0.25, 0.3) is 5.91 Å². The average Bonchev–Trinajstić information content (AvgIpc) is 2.46. The van der Waals surface area contributed by atoms with Crippen LogP contribution in [0.15, 0.2) is 24.3 Å². The molecule has 2 N–H and O–H groups in total. The fourth-order valence-corrected chi connectivity index (χ4v) is 1.55. The highest BCUT2D eigenvalue weighted by Gasteiger charge is 2.32. The second-order valence-corrected chi connectivity index (χ2v) is 5.15. The van der Waals surface area contributed by atoms with Gasteiger partial charge >= 0.3 is 5.97 Å². The molecule has 0 bridgehead atoms. The van der Waals surface area contributed by atoms with Crippen LogP contribution in [0.5, 0.6) is 5.75 Å². The van der Waals surface area contributed by atoms with Crippen molar-refractivity contribution in [1.82, 2.24) is 5.32 Å². The average molecular weight is 297 g/mol. The Balaban J connectivity index is 2.55. The molecule has 116 valence electrons. The van der Waals surface area contributed by atoms with E-state index in [4.69, 9.17) is 9.84 Å². The van der Waals surface area contributed by atoms with Gasteiger partial charge in [0.2, 0.25) is 0 Å². The molecule has 0 saturated heterocycles. The van der Waals surface area contributed by atoms with Crippen molar-refractivity contribution in [2.24, 2.45) is 5.41 Å². The molecule has 0 aliphatic rings. The first-order valence-corrected chi connectivity index (χ1v) is 6.72. The van der Waals surface area contributed by atoms with Crippen molar-refractivity contribution in [3.05, 3.63) is 30.1 Å². The van der Waals surface area contributed by atoms with Crippen LogP contribution < -0.4 is 10.1 Å². The lowest BCUT2D eigenvalue weighted by molar-refractivity contribution is -0.148. The molecule has 21 heavy (non-hydrogen) atoms. The molecule has 2 unspecified atom stereocenters. The van der Waals surface area contributed by atoms with E-state index in [-0.39, 0.29) is 12.4 Å². The SMILES string of the molecule is CCC(C)(CNC(=O)C(C)Oc1ccc(F)cc1)C(=O)O. The summed E-state index contributed by atoms with van der Waals surface area (Å²) in [6.07, 6.45) is -0.402. The van der Waals surface area contributed by atoms with Crippen LogP contribution in [0.4, 0.5) is 4.39 Å². The van der Waals surface area contributed by atoms with Crippen LogP contribution in [0.1, 0.15) is 27.2 Å². The molecule has 0 aliphatic carbocycles. The van der Waals surface area contributed by atoms with Gasteiger partial charge in [-0.05, 0) is 44.5 Å². The van der Waals surface area contributed by atoms with Crippen LogP contribution in [0.25, 0.3) is 0 Å². The molecule has 0 aliphatic heterocycles. The van der Waals surface area contributed by atoms with Crippen LogP contribution in [0, 0.1) is 11.2 Å². The smallest absolute Gasteiger partial charge is 0.311 e. The van der Waals surface area contributed by atoms with Gasteiger partial charge in [-0.1, -0.05) is 6.92 Å². The minimum atomic E-state index is -1.01. The maximum absolute atomic E-state index is 12.8. The summed E-state index contributed by atoms with van der Waals surface area (Å²) in [6, 6.07) is 5.32. The first kappa shape index (κ1) is 16.9. The third-order valence-corrected chi connectivity index (χ3v) is 3.45. The normalized spacial score (nSPS) is 14.9. The van der Waals surface area contributed by atoms with E-state index in [0.29, 0.717) is 12.2 Å². The molecule has 0 fully saturated rings. The third kappa shape index (κ3) is 4.73. The van der Waals surface area contributed by atoms with E-state index in [0.717, 1.165) is 0 Å².